The fourth-order valence-electron chi connectivity index (χ4n) is 4.05. The molecule has 1 aliphatic rings. The van der Waals surface area contributed by atoms with Crippen LogP contribution in [0.3, 0.4) is 0 Å². The molecule has 1 aliphatic heterocycles. The summed E-state index contributed by atoms with van der Waals surface area (Å²) in [6, 6.07) is 7.85. The molecule has 0 radical (unpaired) electrons. The van der Waals surface area contributed by atoms with Crippen LogP contribution < -0.4 is 0 Å². The largest absolute Gasteiger partial charge is 0.337 e. The van der Waals surface area contributed by atoms with Crippen LogP contribution in [0.2, 0.25) is 0 Å². The van der Waals surface area contributed by atoms with Crippen LogP contribution in [0, 0.1) is 13.8 Å². The molecule has 4 aromatic rings. The number of carbonyl (C=O) groups is 1. The fourth-order valence-corrected chi connectivity index (χ4v) is 4.05. The average molecular weight is 389 g/mol. The quantitative estimate of drug-likeness (QED) is 0.584. The number of nitrogens with zero attached hydrogens (tertiary/aromatic N) is 6. The van der Waals surface area contributed by atoms with Gasteiger partial charge in [0.2, 0.25) is 5.91 Å². The molecule has 1 N–H and O–H groups in total. The molecule has 0 spiro atoms. The van der Waals surface area contributed by atoms with Gasteiger partial charge in [-0.15, -0.1) is 0 Å². The molecule has 148 valence electrons. The molecule has 8 nitrogen and oxygen atoms in total. The van der Waals surface area contributed by atoms with E-state index in [4.69, 9.17) is 10.1 Å². The van der Waals surface area contributed by atoms with E-state index < -0.39 is 0 Å². The Bertz CT molecular complexity index is 1220. The molecule has 29 heavy (non-hydrogen) atoms. The second-order valence-electron chi connectivity index (χ2n) is 7.62. The molecule has 0 fully saturated rings. The summed E-state index contributed by atoms with van der Waals surface area (Å²) < 4.78 is 3.89. The van der Waals surface area contributed by atoms with Crippen LogP contribution in [0.15, 0.2) is 36.7 Å². The van der Waals surface area contributed by atoms with Gasteiger partial charge in [-0.1, -0.05) is 12.1 Å². The van der Waals surface area contributed by atoms with Crippen LogP contribution in [0.4, 0.5) is 0 Å². The highest BCUT2D eigenvalue weighted by molar-refractivity contribution is 5.82. The number of hydrogen-bond acceptors (Lipinski definition) is 4. The molecule has 0 aliphatic carbocycles. The average Bonchev–Trinajstić information content (AvgIpc) is 3.43. The maximum absolute atomic E-state index is 13.0. The Hall–Kier alpha value is -3.42. The summed E-state index contributed by atoms with van der Waals surface area (Å²) in [5.74, 6) is 1.70. The Morgan fingerprint density at radius 3 is 2.86 bits per heavy atom. The number of fused-ring (bicyclic) bond motifs is 2. The van der Waals surface area contributed by atoms with E-state index in [9.17, 15) is 4.79 Å². The summed E-state index contributed by atoms with van der Waals surface area (Å²) in [7, 11) is 0. The van der Waals surface area contributed by atoms with E-state index in [1.807, 2.05) is 52.4 Å². The first kappa shape index (κ1) is 17.7. The molecule has 4 heterocycles. The van der Waals surface area contributed by atoms with Gasteiger partial charge >= 0.3 is 0 Å². The minimum Gasteiger partial charge on any atom is -0.337 e. The Balaban J connectivity index is 1.40. The molecule has 3 aromatic heterocycles. The second kappa shape index (κ2) is 6.58. The normalized spacial score (nSPS) is 14.9. The molecule has 1 amide bonds. The number of aromatic amines is 1. The lowest BCUT2D eigenvalue weighted by Crippen LogP contribution is -2.41. The zero-order chi connectivity index (χ0) is 20.1. The van der Waals surface area contributed by atoms with Gasteiger partial charge in [-0.3, -0.25) is 9.48 Å². The lowest BCUT2D eigenvalue weighted by atomic mass is 10.2. The van der Waals surface area contributed by atoms with Gasteiger partial charge in [0.1, 0.15) is 17.6 Å². The first-order valence-electron chi connectivity index (χ1n) is 9.82. The van der Waals surface area contributed by atoms with Crippen LogP contribution >= 0.6 is 0 Å². The van der Waals surface area contributed by atoms with Crippen molar-refractivity contribution in [3.05, 3.63) is 53.7 Å². The van der Waals surface area contributed by atoms with Gasteiger partial charge in [0.15, 0.2) is 5.82 Å². The maximum Gasteiger partial charge on any atom is 0.245 e. The topological polar surface area (TPSA) is 84.6 Å². The fraction of sp³-hybridized carbons (Fsp3) is 0.333. The summed E-state index contributed by atoms with van der Waals surface area (Å²) in [6.07, 6.45) is 3.58. The van der Waals surface area contributed by atoms with Gasteiger partial charge in [0, 0.05) is 18.9 Å². The van der Waals surface area contributed by atoms with Gasteiger partial charge in [0.25, 0.3) is 0 Å². The smallest absolute Gasteiger partial charge is 0.245 e. The van der Waals surface area contributed by atoms with Crippen molar-refractivity contribution in [2.75, 3.05) is 6.54 Å². The highest BCUT2D eigenvalue weighted by Crippen LogP contribution is 2.25. The van der Waals surface area contributed by atoms with Crippen molar-refractivity contribution in [2.45, 2.75) is 39.9 Å². The molecule has 1 aromatic carbocycles. The Morgan fingerprint density at radius 2 is 2.10 bits per heavy atom. The number of para-hydroxylation sites is 1. The second-order valence-corrected chi connectivity index (χ2v) is 7.62. The van der Waals surface area contributed by atoms with E-state index in [0.717, 1.165) is 39.6 Å². The molecule has 8 heteroatoms. The van der Waals surface area contributed by atoms with Gasteiger partial charge in [0.05, 0.1) is 29.8 Å². The summed E-state index contributed by atoms with van der Waals surface area (Å²) in [5, 5.41) is 4.72. The van der Waals surface area contributed by atoms with Crippen molar-refractivity contribution in [1.29, 1.82) is 0 Å². The minimum absolute atomic E-state index is 0.0967. The molecule has 0 saturated carbocycles. The van der Waals surface area contributed by atoms with Crippen molar-refractivity contribution < 1.29 is 4.79 Å². The van der Waals surface area contributed by atoms with Gasteiger partial charge in [-0.2, -0.15) is 5.10 Å². The Kier molecular flexibility index (Phi) is 4.01. The molecule has 1 unspecified atom stereocenters. The predicted octanol–water partition coefficient (Wildman–Crippen LogP) is 2.84. The monoisotopic (exact) mass is 389 g/mol. The first-order valence-corrected chi connectivity index (χ1v) is 9.82. The first-order chi connectivity index (χ1) is 14.0. The molecule has 1 atom stereocenters. The Labute approximate surface area is 168 Å². The third-order valence-corrected chi connectivity index (χ3v) is 5.70. The number of benzene rings is 1. The number of H-pyrrole nitrogens is 1. The summed E-state index contributed by atoms with van der Waals surface area (Å²) >= 11 is 0. The van der Waals surface area contributed by atoms with Gasteiger partial charge in [-0.25, -0.2) is 9.97 Å². The number of aromatic nitrogens is 6. The van der Waals surface area contributed by atoms with Crippen molar-refractivity contribution in [1.82, 2.24) is 34.2 Å². The standard InChI is InChI=1S/C21H23N7O/c1-13-5-4-6-17-19(13)24-20(23-17)18-11-16-12-26(9-10-28(16)25-18)21(29)14(2)27-8-7-22-15(27)3/h4-8,11,14H,9-10,12H2,1-3H3,(H,23,24). The van der Waals surface area contributed by atoms with Crippen molar-refractivity contribution in [3.63, 3.8) is 0 Å². The number of carbonyl (C=O) groups excluding carboxylic acids is 1. The zero-order valence-electron chi connectivity index (χ0n) is 16.8. The molecule has 0 saturated heterocycles. The summed E-state index contributed by atoms with van der Waals surface area (Å²) in [5.41, 5.74) is 4.94. The van der Waals surface area contributed by atoms with E-state index in [0.29, 0.717) is 19.6 Å². The Morgan fingerprint density at radius 1 is 1.24 bits per heavy atom. The van der Waals surface area contributed by atoms with Crippen LogP contribution in [-0.4, -0.2) is 46.7 Å². The predicted molar refractivity (Wildman–Crippen MR) is 109 cm³/mol. The molecule has 5 rings (SSSR count). The third kappa shape index (κ3) is 2.91. The van der Waals surface area contributed by atoms with Crippen molar-refractivity contribution in [3.8, 4) is 11.5 Å². The number of nitrogens with one attached hydrogen (secondary N) is 1. The van der Waals surface area contributed by atoms with Crippen molar-refractivity contribution in [2.24, 2.45) is 0 Å². The van der Waals surface area contributed by atoms with E-state index in [1.165, 1.54) is 0 Å². The van der Waals surface area contributed by atoms with E-state index in [1.54, 1.807) is 6.20 Å². The van der Waals surface area contributed by atoms with Gasteiger partial charge in [-0.05, 0) is 38.5 Å². The number of amides is 1. The van der Waals surface area contributed by atoms with E-state index in [2.05, 4.69) is 23.0 Å². The minimum atomic E-state index is -0.273. The van der Waals surface area contributed by atoms with Crippen LogP contribution in [0.25, 0.3) is 22.6 Å². The summed E-state index contributed by atoms with van der Waals surface area (Å²) in [6.45, 7) is 7.75. The van der Waals surface area contributed by atoms with Crippen LogP contribution in [-0.2, 0) is 17.9 Å². The number of hydrogen-bond donors (Lipinski definition) is 1. The van der Waals surface area contributed by atoms with Crippen LogP contribution in [0.1, 0.15) is 30.0 Å². The molecule has 0 bridgehead atoms. The maximum atomic E-state index is 13.0. The van der Waals surface area contributed by atoms with E-state index in [-0.39, 0.29) is 11.9 Å². The van der Waals surface area contributed by atoms with Crippen LogP contribution in [0.5, 0.6) is 0 Å². The summed E-state index contributed by atoms with van der Waals surface area (Å²) in [4.78, 5) is 27.2. The van der Waals surface area contributed by atoms with E-state index >= 15 is 0 Å². The number of rotatable bonds is 3. The number of imidazole rings is 2. The number of aryl methyl sites for hydroxylation is 2. The zero-order valence-corrected chi connectivity index (χ0v) is 16.8. The lowest BCUT2D eigenvalue weighted by Gasteiger charge is -2.30. The van der Waals surface area contributed by atoms with Crippen molar-refractivity contribution >= 4 is 16.9 Å². The highest BCUT2D eigenvalue weighted by Gasteiger charge is 2.27. The third-order valence-electron chi connectivity index (χ3n) is 5.70. The highest BCUT2D eigenvalue weighted by atomic mass is 16.2. The molecular formula is C21H23N7O. The van der Waals surface area contributed by atoms with Gasteiger partial charge < -0.3 is 14.5 Å². The SMILES string of the molecule is Cc1cccc2[nH]c(-c3cc4n(n3)CCN(C(=O)C(C)n3ccnc3C)C4)nc12. The lowest BCUT2D eigenvalue weighted by molar-refractivity contribution is -0.135. The molecular weight excluding hydrogens is 366 g/mol.